The molecule has 0 aromatic rings. The summed E-state index contributed by atoms with van der Waals surface area (Å²) in [7, 11) is 0. The lowest BCUT2D eigenvalue weighted by Crippen LogP contribution is -2.68. The molecule has 25 heavy (non-hydrogen) atoms. The number of nitrogens with one attached hydrogen (secondary N) is 3. The number of rotatable bonds is 2. The smallest absolute Gasteiger partial charge is 0.342 e. The zero-order valence-electron chi connectivity index (χ0n) is 13.9. The fourth-order valence-electron chi connectivity index (χ4n) is 5.03. The van der Waals surface area contributed by atoms with Gasteiger partial charge in [0.15, 0.2) is 0 Å². The van der Waals surface area contributed by atoms with Crippen molar-refractivity contribution in [2.45, 2.75) is 43.7 Å². The van der Waals surface area contributed by atoms with Crippen LogP contribution in [0.3, 0.4) is 0 Å². The highest BCUT2D eigenvalue weighted by molar-refractivity contribution is 5.77. The molecule has 0 radical (unpaired) electrons. The molecule has 0 bridgehead atoms. The Kier molecular flexibility index (Phi) is 4.49. The molecule has 0 aliphatic carbocycles. The topological polar surface area (TPSA) is 68.8 Å². The van der Waals surface area contributed by atoms with Crippen LogP contribution in [0.1, 0.15) is 19.3 Å². The zero-order valence-corrected chi connectivity index (χ0v) is 13.9. The Bertz CT molecular complexity index is 554. The maximum atomic E-state index is 12.5. The summed E-state index contributed by atoms with van der Waals surface area (Å²) < 4.78 is 37.5. The molecule has 4 heterocycles. The molecule has 0 aromatic carbocycles. The highest BCUT2D eigenvalue weighted by Crippen LogP contribution is 2.38. The van der Waals surface area contributed by atoms with Gasteiger partial charge in [0.1, 0.15) is 12.6 Å². The Morgan fingerprint density at radius 2 is 2.12 bits per heavy atom. The Morgan fingerprint density at radius 1 is 1.28 bits per heavy atom. The standard InChI is InChI=1S/C16H24F3N5O/c17-16(18,19)5-12(25)24-4-2-9(7-24)14-13-10-1-3-20-15(10)21-6-11(13)22-8-23-14/h3,9-11,13-15,21-23H,1-2,4-8H2/t9-,10?,11?,13?,14?,15?/m0/s1. The summed E-state index contributed by atoms with van der Waals surface area (Å²) in [6.45, 7) is 2.39. The summed E-state index contributed by atoms with van der Waals surface area (Å²) in [5, 5.41) is 10.5. The Balaban J connectivity index is 1.43. The number of carbonyl (C=O) groups is 1. The summed E-state index contributed by atoms with van der Waals surface area (Å²) in [5.41, 5.74) is 0. The van der Waals surface area contributed by atoms with Gasteiger partial charge >= 0.3 is 6.18 Å². The van der Waals surface area contributed by atoms with Crippen molar-refractivity contribution in [3.05, 3.63) is 0 Å². The maximum Gasteiger partial charge on any atom is 0.397 e. The number of aliphatic imine (C=N–C) groups is 1. The first-order chi connectivity index (χ1) is 11.9. The van der Waals surface area contributed by atoms with E-state index in [9.17, 15) is 18.0 Å². The lowest BCUT2D eigenvalue weighted by Gasteiger charge is -2.49. The van der Waals surface area contributed by atoms with Crippen molar-refractivity contribution in [3.8, 4) is 0 Å². The van der Waals surface area contributed by atoms with Crippen LogP contribution < -0.4 is 16.0 Å². The normalized spacial score (nSPS) is 40.8. The molecule has 1 amide bonds. The van der Waals surface area contributed by atoms with E-state index in [1.165, 1.54) is 4.90 Å². The Hall–Kier alpha value is -1.19. The van der Waals surface area contributed by atoms with E-state index < -0.39 is 18.5 Å². The van der Waals surface area contributed by atoms with Gasteiger partial charge in [-0.1, -0.05) is 0 Å². The largest absolute Gasteiger partial charge is 0.397 e. The first kappa shape index (κ1) is 17.2. The van der Waals surface area contributed by atoms with Gasteiger partial charge in [0.25, 0.3) is 0 Å². The lowest BCUT2D eigenvalue weighted by atomic mass is 9.70. The number of halogens is 3. The predicted octanol–water partition coefficient (Wildman–Crippen LogP) is 0.311. The number of hydrogen-bond donors (Lipinski definition) is 3. The SMILES string of the molecule is O=C(CC(F)(F)F)N1CC[C@H](C2NCNC3CNC4N=CCC4C32)C1. The van der Waals surface area contributed by atoms with Gasteiger partial charge in [-0.05, 0) is 24.7 Å². The monoisotopic (exact) mass is 359 g/mol. The van der Waals surface area contributed by atoms with Crippen molar-refractivity contribution < 1.29 is 18.0 Å². The van der Waals surface area contributed by atoms with E-state index in [4.69, 9.17) is 0 Å². The third-order valence-electron chi connectivity index (χ3n) is 6.11. The van der Waals surface area contributed by atoms with Crippen LogP contribution in [0.25, 0.3) is 0 Å². The number of fused-ring (bicyclic) bond motifs is 3. The molecule has 4 aliphatic heterocycles. The predicted molar refractivity (Wildman–Crippen MR) is 86.0 cm³/mol. The van der Waals surface area contributed by atoms with Crippen molar-refractivity contribution in [1.82, 2.24) is 20.9 Å². The molecular formula is C16H24F3N5O. The fourth-order valence-corrected chi connectivity index (χ4v) is 5.03. The van der Waals surface area contributed by atoms with Gasteiger partial charge in [-0.2, -0.15) is 13.2 Å². The summed E-state index contributed by atoms with van der Waals surface area (Å²) in [4.78, 5) is 17.8. The number of piperidine rings is 1. The second-order valence-corrected chi connectivity index (χ2v) is 7.56. The highest BCUT2D eigenvalue weighted by Gasteiger charge is 2.49. The Labute approximate surface area is 144 Å². The summed E-state index contributed by atoms with van der Waals surface area (Å²) in [6.07, 6.45) is -1.97. The second-order valence-electron chi connectivity index (χ2n) is 7.56. The van der Waals surface area contributed by atoms with Crippen LogP contribution in [0.15, 0.2) is 4.99 Å². The number of amides is 1. The van der Waals surface area contributed by atoms with Gasteiger partial charge in [0.2, 0.25) is 5.91 Å². The van der Waals surface area contributed by atoms with Crippen molar-refractivity contribution >= 4 is 12.1 Å². The van der Waals surface area contributed by atoms with Crippen molar-refractivity contribution in [3.63, 3.8) is 0 Å². The molecule has 0 spiro atoms. The van der Waals surface area contributed by atoms with Crippen LogP contribution in [-0.2, 0) is 4.79 Å². The third kappa shape index (κ3) is 3.41. The molecule has 0 saturated carbocycles. The number of likely N-dealkylation sites (tertiary alicyclic amines) is 1. The molecule has 5 unspecified atom stereocenters. The number of carbonyl (C=O) groups excluding carboxylic acids is 1. The van der Waals surface area contributed by atoms with E-state index >= 15 is 0 Å². The quantitative estimate of drug-likeness (QED) is 0.664. The van der Waals surface area contributed by atoms with Crippen LogP contribution in [0.5, 0.6) is 0 Å². The maximum absolute atomic E-state index is 12.5. The molecule has 3 saturated heterocycles. The molecule has 4 aliphatic rings. The highest BCUT2D eigenvalue weighted by atomic mass is 19.4. The summed E-state index contributed by atoms with van der Waals surface area (Å²) in [6, 6.07) is 0.556. The van der Waals surface area contributed by atoms with E-state index in [1.807, 2.05) is 6.21 Å². The van der Waals surface area contributed by atoms with E-state index in [-0.39, 0.29) is 18.1 Å². The molecule has 4 rings (SSSR count). The lowest BCUT2D eigenvalue weighted by molar-refractivity contribution is -0.160. The Morgan fingerprint density at radius 3 is 2.92 bits per heavy atom. The van der Waals surface area contributed by atoms with Crippen molar-refractivity contribution in [1.29, 1.82) is 0 Å². The molecular weight excluding hydrogens is 335 g/mol. The van der Waals surface area contributed by atoms with Crippen LogP contribution in [0.2, 0.25) is 0 Å². The minimum atomic E-state index is -4.43. The van der Waals surface area contributed by atoms with Gasteiger partial charge < -0.3 is 15.5 Å². The molecule has 9 heteroatoms. The van der Waals surface area contributed by atoms with Gasteiger partial charge in [-0.15, -0.1) is 0 Å². The van der Waals surface area contributed by atoms with E-state index in [1.54, 1.807) is 0 Å². The van der Waals surface area contributed by atoms with Gasteiger partial charge in [-0.25, -0.2) is 0 Å². The molecule has 6 atom stereocenters. The van der Waals surface area contributed by atoms with E-state index in [2.05, 4.69) is 20.9 Å². The molecule has 0 aromatic heterocycles. The molecule has 140 valence electrons. The fraction of sp³-hybridized carbons (Fsp3) is 0.875. The van der Waals surface area contributed by atoms with Crippen molar-refractivity contribution in [2.24, 2.45) is 22.7 Å². The van der Waals surface area contributed by atoms with Gasteiger partial charge in [0, 0.05) is 50.5 Å². The number of nitrogens with zero attached hydrogens (tertiary/aromatic N) is 2. The van der Waals surface area contributed by atoms with Crippen LogP contribution in [0.4, 0.5) is 13.2 Å². The van der Waals surface area contributed by atoms with Crippen molar-refractivity contribution in [2.75, 3.05) is 26.3 Å². The van der Waals surface area contributed by atoms with Crippen LogP contribution in [0, 0.1) is 17.8 Å². The minimum absolute atomic E-state index is 0.148. The molecule has 3 fully saturated rings. The summed E-state index contributed by atoms with van der Waals surface area (Å²) >= 11 is 0. The average Bonchev–Trinajstić information content (AvgIpc) is 3.22. The first-order valence-corrected chi connectivity index (χ1v) is 8.99. The van der Waals surface area contributed by atoms with Gasteiger partial charge in [0.05, 0.1) is 0 Å². The minimum Gasteiger partial charge on any atom is -0.342 e. The third-order valence-corrected chi connectivity index (χ3v) is 6.11. The number of hydrogen-bond acceptors (Lipinski definition) is 5. The molecule has 3 N–H and O–H groups in total. The average molecular weight is 359 g/mol. The van der Waals surface area contributed by atoms with Gasteiger partial charge in [-0.3, -0.25) is 15.1 Å². The van der Waals surface area contributed by atoms with Crippen LogP contribution >= 0.6 is 0 Å². The second kappa shape index (κ2) is 6.51. The van der Waals surface area contributed by atoms with E-state index in [0.29, 0.717) is 37.6 Å². The first-order valence-electron chi connectivity index (χ1n) is 8.99. The van der Waals surface area contributed by atoms with Crippen LogP contribution in [-0.4, -0.2) is 67.8 Å². The molecule has 6 nitrogen and oxygen atoms in total. The number of alkyl halides is 3. The summed E-state index contributed by atoms with van der Waals surface area (Å²) in [5.74, 6) is 0.188. The van der Waals surface area contributed by atoms with E-state index in [0.717, 1.165) is 19.4 Å². The zero-order chi connectivity index (χ0) is 17.6.